The summed E-state index contributed by atoms with van der Waals surface area (Å²) in [7, 11) is 1.47. The zero-order valence-electron chi connectivity index (χ0n) is 19.6. The molecule has 1 amide bonds. The molecule has 0 bridgehead atoms. The number of nitro groups is 2. The van der Waals surface area contributed by atoms with E-state index in [1.165, 1.54) is 28.9 Å². The van der Waals surface area contributed by atoms with Crippen molar-refractivity contribution in [2.24, 2.45) is 5.10 Å². The average molecular weight is 511 g/mol. The van der Waals surface area contributed by atoms with Gasteiger partial charge in [0.05, 0.1) is 50.7 Å². The highest BCUT2D eigenvalue weighted by Gasteiger charge is 2.30. The van der Waals surface area contributed by atoms with Gasteiger partial charge in [-0.05, 0) is 45.0 Å². The third-order valence-electron chi connectivity index (χ3n) is 5.67. The largest absolute Gasteiger partial charge is 0.495 e. The predicted molar refractivity (Wildman–Crippen MR) is 133 cm³/mol. The normalized spacial score (nSPS) is 14.4. The van der Waals surface area contributed by atoms with Crippen molar-refractivity contribution in [3.63, 3.8) is 0 Å². The highest BCUT2D eigenvalue weighted by molar-refractivity contribution is 6.33. The molecule has 0 fully saturated rings. The van der Waals surface area contributed by atoms with E-state index in [0.717, 1.165) is 6.07 Å². The maximum atomic E-state index is 13.2. The number of hydrogen-bond donors (Lipinski definition) is 0. The van der Waals surface area contributed by atoms with Gasteiger partial charge in [0.15, 0.2) is 0 Å². The number of nitro benzene ring substituents is 2. The number of aryl methyl sites for hydroxylation is 1. The van der Waals surface area contributed by atoms with E-state index in [9.17, 15) is 25.0 Å². The third kappa shape index (κ3) is 4.18. The lowest BCUT2D eigenvalue weighted by molar-refractivity contribution is -0.394. The summed E-state index contributed by atoms with van der Waals surface area (Å²) in [5.41, 5.74) is 2.00. The minimum atomic E-state index is -0.705. The first kappa shape index (κ1) is 24.5. The molecule has 3 aromatic rings. The van der Waals surface area contributed by atoms with Crippen molar-refractivity contribution in [2.75, 3.05) is 12.1 Å². The average Bonchev–Trinajstić information content (AvgIpc) is 3.28. The van der Waals surface area contributed by atoms with Crippen LogP contribution in [0.25, 0.3) is 11.8 Å². The molecule has 0 aliphatic carbocycles. The number of halogens is 1. The smallest absolute Gasteiger partial charge is 0.301 e. The Labute approximate surface area is 209 Å². The fourth-order valence-corrected chi connectivity index (χ4v) is 4.03. The molecular weight excluding hydrogens is 492 g/mol. The second-order valence-electron chi connectivity index (χ2n) is 7.86. The Balaban J connectivity index is 1.76. The van der Waals surface area contributed by atoms with Crippen molar-refractivity contribution < 1.29 is 19.4 Å². The topological polar surface area (TPSA) is 146 Å². The van der Waals surface area contributed by atoms with Crippen LogP contribution in [0.15, 0.2) is 47.1 Å². The zero-order chi connectivity index (χ0) is 26.3. The molecule has 0 N–H and O–H groups in total. The lowest BCUT2D eigenvalue weighted by Crippen LogP contribution is -2.21. The molecule has 2 heterocycles. The van der Waals surface area contributed by atoms with Gasteiger partial charge in [-0.2, -0.15) is 15.2 Å². The van der Waals surface area contributed by atoms with E-state index in [1.807, 2.05) is 0 Å². The number of anilines is 1. The quantitative estimate of drug-likeness (QED) is 0.263. The van der Waals surface area contributed by atoms with Crippen LogP contribution in [0.1, 0.15) is 23.9 Å². The first-order valence-electron chi connectivity index (χ1n) is 10.5. The van der Waals surface area contributed by atoms with Crippen LogP contribution in [0.4, 0.5) is 17.1 Å². The van der Waals surface area contributed by atoms with E-state index < -0.39 is 21.2 Å². The molecule has 1 aliphatic heterocycles. The number of methoxy groups -OCH3 is 1. The maximum Gasteiger partial charge on any atom is 0.301 e. The number of carbonyl (C=O) groups excluding carboxylic acids is 1. The lowest BCUT2D eigenvalue weighted by atomic mass is 10.1. The number of benzene rings is 2. The van der Waals surface area contributed by atoms with Gasteiger partial charge in [0, 0.05) is 23.4 Å². The van der Waals surface area contributed by atoms with Gasteiger partial charge in [0.2, 0.25) is 0 Å². The number of non-ortho nitro benzene ring substituents is 1. The van der Waals surface area contributed by atoms with Crippen molar-refractivity contribution in [1.82, 2.24) is 9.78 Å². The third-order valence-corrected chi connectivity index (χ3v) is 5.98. The van der Waals surface area contributed by atoms with E-state index in [1.54, 1.807) is 45.0 Å². The standard InChI is InChI=1S/C23H19ClN6O6/c1-12-17(14(3)27(25-12)20-8-6-16(29(32)33)9-21(20)30(34)35)11-18-13(2)26-28(23(18)31)15-5-7-19(24)22(10-15)36-4/h5-11H,1-4H3/b18-11+. The van der Waals surface area contributed by atoms with Crippen LogP contribution in [-0.2, 0) is 4.79 Å². The number of carbonyl (C=O) groups is 1. The minimum Gasteiger partial charge on any atom is -0.495 e. The first-order chi connectivity index (χ1) is 17.0. The Morgan fingerprint density at radius 3 is 2.42 bits per heavy atom. The summed E-state index contributed by atoms with van der Waals surface area (Å²) < 4.78 is 6.55. The molecule has 0 atom stereocenters. The van der Waals surface area contributed by atoms with Gasteiger partial charge in [-0.15, -0.1) is 0 Å². The summed E-state index contributed by atoms with van der Waals surface area (Å²) in [5, 5.41) is 33.1. The molecular formula is C23H19ClN6O6. The Morgan fingerprint density at radius 2 is 1.78 bits per heavy atom. The van der Waals surface area contributed by atoms with Crippen LogP contribution in [0, 0.1) is 34.1 Å². The van der Waals surface area contributed by atoms with Gasteiger partial charge in [-0.25, -0.2) is 4.68 Å². The van der Waals surface area contributed by atoms with Crippen molar-refractivity contribution in [3.8, 4) is 11.4 Å². The predicted octanol–water partition coefficient (Wildman–Crippen LogP) is 4.77. The number of nitrogens with zero attached hydrogens (tertiary/aromatic N) is 6. The molecule has 184 valence electrons. The van der Waals surface area contributed by atoms with Gasteiger partial charge in [-0.3, -0.25) is 25.0 Å². The van der Waals surface area contributed by atoms with Gasteiger partial charge >= 0.3 is 5.69 Å². The van der Waals surface area contributed by atoms with Crippen LogP contribution in [0.3, 0.4) is 0 Å². The Morgan fingerprint density at radius 1 is 1.06 bits per heavy atom. The number of ether oxygens (including phenoxy) is 1. The lowest BCUT2D eigenvalue weighted by Gasteiger charge is -2.13. The van der Waals surface area contributed by atoms with Crippen LogP contribution in [0.5, 0.6) is 5.75 Å². The summed E-state index contributed by atoms with van der Waals surface area (Å²) in [6.45, 7) is 5.07. The van der Waals surface area contributed by atoms with Gasteiger partial charge in [0.25, 0.3) is 11.6 Å². The molecule has 12 nitrogen and oxygen atoms in total. The zero-order valence-corrected chi connectivity index (χ0v) is 20.3. The molecule has 13 heteroatoms. The summed E-state index contributed by atoms with van der Waals surface area (Å²) in [5.74, 6) is 0.00893. The van der Waals surface area contributed by atoms with Crippen molar-refractivity contribution >= 4 is 46.4 Å². The molecule has 0 spiro atoms. The number of rotatable bonds is 6. The second kappa shape index (κ2) is 9.23. The van der Waals surface area contributed by atoms with Gasteiger partial charge in [-0.1, -0.05) is 11.6 Å². The summed E-state index contributed by atoms with van der Waals surface area (Å²) in [6.07, 6.45) is 1.62. The van der Waals surface area contributed by atoms with Crippen molar-refractivity contribution in [2.45, 2.75) is 20.8 Å². The molecule has 1 aromatic heterocycles. The molecule has 36 heavy (non-hydrogen) atoms. The Bertz CT molecular complexity index is 1510. The number of aromatic nitrogens is 2. The summed E-state index contributed by atoms with van der Waals surface area (Å²) in [4.78, 5) is 34.5. The number of hydrogen-bond acceptors (Lipinski definition) is 8. The van der Waals surface area contributed by atoms with E-state index in [2.05, 4.69) is 10.2 Å². The van der Waals surface area contributed by atoms with Crippen molar-refractivity contribution in [3.05, 3.63) is 84.2 Å². The highest BCUT2D eigenvalue weighted by Crippen LogP contribution is 2.34. The van der Waals surface area contributed by atoms with Crippen LogP contribution < -0.4 is 9.75 Å². The Hall–Kier alpha value is -4.58. The van der Waals surface area contributed by atoms with E-state index in [-0.39, 0.29) is 11.6 Å². The fraction of sp³-hybridized carbons (Fsp3) is 0.174. The van der Waals surface area contributed by atoms with Crippen LogP contribution in [0.2, 0.25) is 5.02 Å². The summed E-state index contributed by atoms with van der Waals surface area (Å²) in [6, 6.07) is 8.18. The SMILES string of the molecule is COc1cc(N2N=C(C)/C(=C\c3c(C)nn(-c4ccc([N+](=O)[O-])cc4[N+](=O)[O-])c3C)C2=O)ccc1Cl. The molecule has 0 saturated carbocycles. The van der Waals surface area contributed by atoms with E-state index in [0.29, 0.717) is 44.7 Å². The van der Waals surface area contributed by atoms with Gasteiger partial charge < -0.3 is 4.74 Å². The molecule has 2 aromatic carbocycles. The summed E-state index contributed by atoms with van der Waals surface area (Å²) >= 11 is 6.09. The fourth-order valence-electron chi connectivity index (χ4n) is 3.83. The van der Waals surface area contributed by atoms with Crippen LogP contribution in [-0.4, -0.2) is 38.4 Å². The molecule has 0 saturated heterocycles. The first-order valence-corrected chi connectivity index (χ1v) is 10.9. The maximum absolute atomic E-state index is 13.2. The Kier molecular flexibility index (Phi) is 6.29. The van der Waals surface area contributed by atoms with Crippen LogP contribution >= 0.6 is 11.6 Å². The monoisotopic (exact) mass is 510 g/mol. The van der Waals surface area contributed by atoms with Gasteiger partial charge in [0.1, 0.15) is 11.4 Å². The molecule has 1 aliphatic rings. The highest BCUT2D eigenvalue weighted by atomic mass is 35.5. The van der Waals surface area contributed by atoms with Crippen molar-refractivity contribution in [1.29, 1.82) is 0 Å². The molecule has 0 radical (unpaired) electrons. The second-order valence-corrected chi connectivity index (χ2v) is 8.27. The molecule has 4 rings (SSSR count). The minimum absolute atomic E-state index is 0.0638. The molecule has 0 unspecified atom stereocenters. The number of amides is 1. The van der Waals surface area contributed by atoms with E-state index >= 15 is 0 Å². The number of hydrazone groups is 1. The van der Waals surface area contributed by atoms with E-state index in [4.69, 9.17) is 16.3 Å².